The Kier molecular flexibility index (Phi) is 4.68. The number of benzene rings is 1. The number of hydrogen-bond donors (Lipinski definition) is 2. The SMILES string of the molecule is COc1ccc(Br)c(NCC2CCNCC2)c1. The van der Waals surface area contributed by atoms with Gasteiger partial charge in [0, 0.05) is 17.1 Å². The summed E-state index contributed by atoms with van der Waals surface area (Å²) in [5, 5.41) is 6.89. The van der Waals surface area contributed by atoms with Crippen molar-refractivity contribution >= 4 is 21.6 Å². The van der Waals surface area contributed by atoms with Crippen LogP contribution in [0.4, 0.5) is 5.69 Å². The van der Waals surface area contributed by atoms with Crippen LogP contribution in [-0.2, 0) is 0 Å². The highest BCUT2D eigenvalue weighted by Crippen LogP contribution is 2.27. The first-order valence-corrected chi connectivity index (χ1v) is 6.87. The summed E-state index contributed by atoms with van der Waals surface area (Å²) in [6.45, 7) is 3.32. The quantitative estimate of drug-likeness (QED) is 0.897. The van der Waals surface area contributed by atoms with Crippen LogP contribution in [-0.4, -0.2) is 26.7 Å². The molecule has 1 saturated heterocycles. The Balaban J connectivity index is 1.92. The summed E-state index contributed by atoms with van der Waals surface area (Å²) < 4.78 is 6.32. The Morgan fingerprint density at radius 1 is 1.41 bits per heavy atom. The van der Waals surface area contributed by atoms with E-state index < -0.39 is 0 Å². The third-order valence-electron chi connectivity index (χ3n) is 3.21. The number of nitrogens with one attached hydrogen (secondary N) is 2. The van der Waals surface area contributed by atoms with Gasteiger partial charge in [-0.25, -0.2) is 0 Å². The lowest BCUT2D eigenvalue weighted by Crippen LogP contribution is -2.31. The first-order chi connectivity index (χ1) is 8.29. The first kappa shape index (κ1) is 12.7. The number of rotatable bonds is 4. The van der Waals surface area contributed by atoms with Crippen LogP contribution < -0.4 is 15.4 Å². The van der Waals surface area contributed by atoms with Gasteiger partial charge in [-0.1, -0.05) is 0 Å². The molecule has 1 aromatic carbocycles. The molecule has 1 heterocycles. The van der Waals surface area contributed by atoms with Crippen LogP contribution in [0.25, 0.3) is 0 Å². The van der Waals surface area contributed by atoms with Crippen molar-refractivity contribution in [1.82, 2.24) is 5.32 Å². The van der Waals surface area contributed by atoms with Gasteiger partial charge in [0.15, 0.2) is 0 Å². The molecule has 0 radical (unpaired) electrons. The molecule has 1 aromatic rings. The molecule has 17 heavy (non-hydrogen) atoms. The number of halogens is 1. The van der Waals surface area contributed by atoms with E-state index in [1.807, 2.05) is 18.2 Å². The topological polar surface area (TPSA) is 33.3 Å². The fourth-order valence-electron chi connectivity index (χ4n) is 2.11. The monoisotopic (exact) mass is 298 g/mol. The van der Waals surface area contributed by atoms with E-state index in [1.54, 1.807) is 7.11 Å². The normalized spacial score (nSPS) is 16.8. The molecule has 2 N–H and O–H groups in total. The van der Waals surface area contributed by atoms with Gasteiger partial charge in [-0.3, -0.25) is 0 Å². The molecule has 3 nitrogen and oxygen atoms in total. The van der Waals surface area contributed by atoms with Crippen LogP contribution in [0.5, 0.6) is 5.75 Å². The van der Waals surface area contributed by atoms with Crippen molar-refractivity contribution in [2.24, 2.45) is 5.92 Å². The zero-order valence-corrected chi connectivity index (χ0v) is 11.7. The summed E-state index contributed by atoms with van der Waals surface area (Å²) >= 11 is 3.55. The third-order valence-corrected chi connectivity index (χ3v) is 3.90. The maximum atomic E-state index is 5.23. The Hall–Kier alpha value is -0.740. The van der Waals surface area contributed by atoms with Gasteiger partial charge >= 0.3 is 0 Å². The second-order valence-electron chi connectivity index (χ2n) is 4.42. The number of piperidine rings is 1. The van der Waals surface area contributed by atoms with Gasteiger partial charge in [-0.2, -0.15) is 0 Å². The third kappa shape index (κ3) is 3.61. The fraction of sp³-hybridized carbons (Fsp3) is 0.538. The Morgan fingerprint density at radius 2 is 2.18 bits per heavy atom. The second-order valence-corrected chi connectivity index (χ2v) is 5.27. The summed E-state index contributed by atoms with van der Waals surface area (Å²) in [4.78, 5) is 0. The highest BCUT2D eigenvalue weighted by Gasteiger charge is 2.13. The van der Waals surface area contributed by atoms with Gasteiger partial charge in [-0.15, -0.1) is 0 Å². The predicted molar refractivity (Wildman–Crippen MR) is 74.8 cm³/mol. The first-order valence-electron chi connectivity index (χ1n) is 6.07. The van der Waals surface area contributed by atoms with E-state index in [0.717, 1.165) is 41.5 Å². The van der Waals surface area contributed by atoms with Gasteiger partial charge in [0.05, 0.1) is 12.8 Å². The van der Waals surface area contributed by atoms with Crippen LogP contribution in [0, 0.1) is 5.92 Å². The Labute approximate surface area is 111 Å². The molecule has 0 bridgehead atoms. The van der Waals surface area contributed by atoms with E-state index in [2.05, 4.69) is 26.6 Å². The van der Waals surface area contributed by atoms with Crippen molar-refractivity contribution in [3.8, 4) is 5.75 Å². The Morgan fingerprint density at radius 3 is 2.88 bits per heavy atom. The van der Waals surface area contributed by atoms with Crippen LogP contribution in [0.15, 0.2) is 22.7 Å². The van der Waals surface area contributed by atoms with E-state index in [-0.39, 0.29) is 0 Å². The smallest absolute Gasteiger partial charge is 0.121 e. The number of methoxy groups -OCH3 is 1. The van der Waals surface area contributed by atoms with Crippen LogP contribution in [0.1, 0.15) is 12.8 Å². The minimum absolute atomic E-state index is 0.773. The summed E-state index contributed by atoms with van der Waals surface area (Å²) in [5.74, 6) is 1.66. The van der Waals surface area contributed by atoms with Gasteiger partial charge < -0.3 is 15.4 Å². The lowest BCUT2D eigenvalue weighted by molar-refractivity contribution is 0.389. The van der Waals surface area contributed by atoms with Gasteiger partial charge in [0.25, 0.3) is 0 Å². The number of ether oxygens (including phenoxy) is 1. The lowest BCUT2D eigenvalue weighted by atomic mass is 9.98. The molecule has 0 aromatic heterocycles. The van der Waals surface area contributed by atoms with Crippen LogP contribution in [0.3, 0.4) is 0 Å². The molecule has 0 unspecified atom stereocenters. The zero-order chi connectivity index (χ0) is 12.1. The molecule has 0 spiro atoms. The van der Waals surface area contributed by atoms with Crippen molar-refractivity contribution in [3.05, 3.63) is 22.7 Å². The van der Waals surface area contributed by atoms with Crippen LogP contribution in [0.2, 0.25) is 0 Å². The molecule has 0 atom stereocenters. The van der Waals surface area contributed by atoms with Crippen molar-refractivity contribution in [1.29, 1.82) is 0 Å². The van der Waals surface area contributed by atoms with Crippen molar-refractivity contribution in [2.75, 3.05) is 32.1 Å². The lowest BCUT2D eigenvalue weighted by Gasteiger charge is -2.23. The van der Waals surface area contributed by atoms with Gasteiger partial charge in [0.1, 0.15) is 5.75 Å². The average Bonchev–Trinajstić information content (AvgIpc) is 2.39. The maximum absolute atomic E-state index is 5.23. The van der Waals surface area contributed by atoms with Crippen molar-refractivity contribution < 1.29 is 4.74 Å². The molecule has 94 valence electrons. The summed E-state index contributed by atoms with van der Waals surface area (Å²) in [7, 11) is 1.69. The molecule has 0 saturated carbocycles. The minimum atomic E-state index is 0.773. The largest absolute Gasteiger partial charge is 0.497 e. The molecule has 0 amide bonds. The maximum Gasteiger partial charge on any atom is 0.121 e. The molecular weight excluding hydrogens is 280 g/mol. The minimum Gasteiger partial charge on any atom is -0.497 e. The van der Waals surface area contributed by atoms with Gasteiger partial charge in [-0.05, 0) is 59.9 Å². The summed E-state index contributed by atoms with van der Waals surface area (Å²) in [6, 6.07) is 6.01. The van der Waals surface area contributed by atoms with Crippen LogP contribution >= 0.6 is 15.9 Å². The molecule has 4 heteroatoms. The molecule has 1 aliphatic rings. The highest BCUT2D eigenvalue weighted by molar-refractivity contribution is 9.10. The average molecular weight is 299 g/mol. The van der Waals surface area contributed by atoms with Gasteiger partial charge in [0.2, 0.25) is 0 Å². The fourth-order valence-corrected chi connectivity index (χ4v) is 2.49. The summed E-state index contributed by atoms with van der Waals surface area (Å²) in [6.07, 6.45) is 2.52. The molecule has 1 fully saturated rings. The second kappa shape index (κ2) is 6.26. The van der Waals surface area contributed by atoms with E-state index in [1.165, 1.54) is 12.8 Å². The highest BCUT2D eigenvalue weighted by atomic mass is 79.9. The van der Waals surface area contributed by atoms with E-state index in [0.29, 0.717) is 0 Å². The zero-order valence-electron chi connectivity index (χ0n) is 10.1. The molecule has 1 aliphatic heterocycles. The van der Waals surface area contributed by atoms with E-state index in [4.69, 9.17) is 4.74 Å². The van der Waals surface area contributed by atoms with E-state index >= 15 is 0 Å². The van der Waals surface area contributed by atoms with Crippen molar-refractivity contribution in [2.45, 2.75) is 12.8 Å². The summed E-state index contributed by atoms with van der Waals surface area (Å²) in [5.41, 5.74) is 1.11. The molecule has 2 rings (SSSR count). The predicted octanol–water partition coefficient (Wildman–Crippen LogP) is 2.87. The van der Waals surface area contributed by atoms with Crippen molar-refractivity contribution in [3.63, 3.8) is 0 Å². The number of anilines is 1. The molecular formula is C13H19BrN2O. The number of hydrogen-bond acceptors (Lipinski definition) is 3. The molecule has 0 aliphatic carbocycles. The standard InChI is InChI=1S/C13H19BrN2O/c1-17-11-2-3-12(14)13(8-11)16-9-10-4-6-15-7-5-10/h2-3,8,10,15-16H,4-7,9H2,1H3. The Bertz CT molecular complexity index is 364. The van der Waals surface area contributed by atoms with E-state index in [9.17, 15) is 0 Å².